The molecule has 0 spiro atoms. The summed E-state index contributed by atoms with van der Waals surface area (Å²) < 4.78 is 0. The zero-order valence-corrected chi connectivity index (χ0v) is 17.3. The maximum absolute atomic E-state index is 12.3. The van der Waals surface area contributed by atoms with E-state index in [1.54, 1.807) is 0 Å². The molecule has 1 aliphatic rings. The summed E-state index contributed by atoms with van der Waals surface area (Å²) in [5.41, 5.74) is 2.81. The first-order valence-electron chi connectivity index (χ1n) is 9.17. The average molecular weight is 420 g/mol. The van der Waals surface area contributed by atoms with Crippen molar-refractivity contribution >= 4 is 35.7 Å². The van der Waals surface area contributed by atoms with Gasteiger partial charge in [0.1, 0.15) is 11.9 Å². The second kappa shape index (κ2) is 10.3. The number of nitrogens with zero attached hydrogens (tertiary/aromatic N) is 4. The van der Waals surface area contributed by atoms with Gasteiger partial charge in [-0.25, -0.2) is 9.97 Å². The van der Waals surface area contributed by atoms with Crippen LogP contribution in [0.2, 0.25) is 5.02 Å². The molecule has 0 fully saturated rings. The van der Waals surface area contributed by atoms with Crippen LogP contribution >= 0.6 is 24.0 Å². The number of hydrogen-bond acceptors (Lipinski definition) is 5. The molecule has 0 radical (unpaired) electrons. The molecule has 3 rings (SSSR count). The van der Waals surface area contributed by atoms with Crippen molar-refractivity contribution in [3.05, 3.63) is 51.9 Å². The van der Waals surface area contributed by atoms with E-state index in [1.807, 2.05) is 42.2 Å². The van der Waals surface area contributed by atoms with E-state index < -0.39 is 0 Å². The van der Waals surface area contributed by atoms with Crippen LogP contribution in [0.15, 0.2) is 24.3 Å². The molecule has 28 heavy (non-hydrogen) atoms. The van der Waals surface area contributed by atoms with Crippen LogP contribution in [0.3, 0.4) is 0 Å². The fourth-order valence-corrected chi connectivity index (χ4v) is 3.44. The van der Waals surface area contributed by atoms with Gasteiger partial charge < -0.3 is 10.2 Å². The number of hydrogen-bond donors (Lipinski definition) is 1. The zero-order valence-electron chi connectivity index (χ0n) is 15.7. The number of benzene rings is 1. The van der Waals surface area contributed by atoms with Crippen LogP contribution in [0, 0.1) is 11.3 Å². The van der Waals surface area contributed by atoms with Crippen LogP contribution in [0.5, 0.6) is 0 Å². The van der Waals surface area contributed by atoms with Gasteiger partial charge in [0.15, 0.2) is 0 Å². The van der Waals surface area contributed by atoms with Crippen molar-refractivity contribution < 1.29 is 4.79 Å². The van der Waals surface area contributed by atoms with Gasteiger partial charge in [-0.3, -0.25) is 4.79 Å². The summed E-state index contributed by atoms with van der Waals surface area (Å²) in [6.07, 6.45) is 2.75. The van der Waals surface area contributed by atoms with Gasteiger partial charge in [0.05, 0.1) is 12.2 Å². The predicted octanol–water partition coefficient (Wildman–Crippen LogP) is 3.76. The highest BCUT2D eigenvalue weighted by Crippen LogP contribution is 2.25. The SMILES string of the molecule is CCCC(=O)N1CCc2nc(C#N)nc(NCCc3ccccc3Cl)c2C1.Cl. The topological polar surface area (TPSA) is 81.9 Å². The van der Waals surface area contributed by atoms with Crippen LogP contribution in [0.25, 0.3) is 0 Å². The molecule has 8 heteroatoms. The van der Waals surface area contributed by atoms with Crippen molar-refractivity contribution in [3.8, 4) is 6.07 Å². The molecule has 0 saturated carbocycles. The molecule has 0 saturated heterocycles. The average Bonchev–Trinajstić information content (AvgIpc) is 2.69. The molecule has 0 unspecified atom stereocenters. The standard InChI is InChI=1S/C20H22ClN5O.ClH/c1-2-5-19(27)26-11-9-17-15(13-26)20(25-18(12-22)24-17)23-10-8-14-6-3-4-7-16(14)21;/h3-4,6-7H,2,5,8-11,13H2,1H3,(H,23,24,25);1H. The molecule has 1 aliphatic heterocycles. The summed E-state index contributed by atoms with van der Waals surface area (Å²) in [5, 5.41) is 13.3. The third-order valence-corrected chi connectivity index (χ3v) is 4.99. The summed E-state index contributed by atoms with van der Waals surface area (Å²) in [6.45, 7) is 3.74. The van der Waals surface area contributed by atoms with Crippen LogP contribution in [-0.2, 0) is 24.2 Å². The Morgan fingerprint density at radius 1 is 1.36 bits per heavy atom. The van der Waals surface area contributed by atoms with Crippen LogP contribution in [0.4, 0.5) is 5.82 Å². The lowest BCUT2D eigenvalue weighted by molar-refractivity contribution is -0.132. The molecule has 1 aromatic carbocycles. The Bertz CT molecular complexity index is 881. The molecule has 1 amide bonds. The van der Waals surface area contributed by atoms with E-state index in [1.165, 1.54) is 0 Å². The molecular weight excluding hydrogens is 397 g/mol. The van der Waals surface area contributed by atoms with E-state index >= 15 is 0 Å². The fraction of sp³-hybridized carbons (Fsp3) is 0.400. The summed E-state index contributed by atoms with van der Waals surface area (Å²) in [7, 11) is 0. The largest absolute Gasteiger partial charge is 0.369 e. The van der Waals surface area contributed by atoms with Gasteiger partial charge in [0.2, 0.25) is 11.7 Å². The first-order chi connectivity index (χ1) is 13.1. The summed E-state index contributed by atoms with van der Waals surface area (Å²) in [6, 6.07) is 9.75. The second-order valence-electron chi connectivity index (χ2n) is 6.52. The third-order valence-electron chi connectivity index (χ3n) is 4.62. The maximum Gasteiger partial charge on any atom is 0.234 e. The Morgan fingerprint density at radius 3 is 2.86 bits per heavy atom. The first-order valence-corrected chi connectivity index (χ1v) is 9.55. The molecular formula is C20H23Cl2N5O. The molecule has 1 aromatic heterocycles. The van der Waals surface area contributed by atoms with Crippen molar-refractivity contribution in [2.45, 2.75) is 39.2 Å². The minimum Gasteiger partial charge on any atom is -0.369 e. The van der Waals surface area contributed by atoms with E-state index in [0.717, 1.165) is 34.7 Å². The van der Waals surface area contributed by atoms with E-state index in [-0.39, 0.29) is 24.1 Å². The van der Waals surface area contributed by atoms with E-state index in [9.17, 15) is 10.1 Å². The Morgan fingerprint density at radius 2 is 2.14 bits per heavy atom. The molecule has 1 N–H and O–H groups in total. The molecule has 2 aromatic rings. The summed E-state index contributed by atoms with van der Waals surface area (Å²) >= 11 is 6.21. The zero-order chi connectivity index (χ0) is 19.2. The van der Waals surface area contributed by atoms with Gasteiger partial charge in [-0.15, -0.1) is 12.4 Å². The number of carbonyl (C=O) groups is 1. The first kappa shape index (κ1) is 21.9. The highest BCUT2D eigenvalue weighted by Gasteiger charge is 2.25. The quantitative estimate of drug-likeness (QED) is 0.770. The van der Waals surface area contributed by atoms with Crippen molar-refractivity contribution in [3.63, 3.8) is 0 Å². The number of amides is 1. The Balaban J connectivity index is 0.00000280. The normalized spacial score (nSPS) is 12.5. The number of fused-ring (bicyclic) bond motifs is 1. The number of anilines is 1. The van der Waals surface area contributed by atoms with Crippen molar-refractivity contribution in [1.29, 1.82) is 5.26 Å². The maximum atomic E-state index is 12.3. The fourth-order valence-electron chi connectivity index (χ4n) is 3.21. The Labute approximate surface area is 176 Å². The molecule has 0 bridgehead atoms. The number of rotatable bonds is 6. The smallest absolute Gasteiger partial charge is 0.234 e. The number of nitriles is 1. The highest BCUT2D eigenvalue weighted by molar-refractivity contribution is 6.31. The number of carbonyl (C=O) groups excluding carboxylic acids is 1. The molecule has 2 heterocycles. The predicted molar refractivity (Wildman–Crippen MR) is 112 cm³/mol. The number of nitrogens with one attached hydrogen (secondary N) is 1. The monoisotopic (exact) mass is 419 g/mol. The summed E-state index contributed by atoms with van der Waals surface area (Å²) in [4.78, 5) is 22.8. The number of aromatic nitrogens is 2. The van der Waals surface area contributed by atoms with Gasteiger partial charge in [-0.1, -0.05) is 36.7 Å². The van der Waals surface area contributed by atoms with E-state index in [4.69, 9.17) is 11.6 Å². The van der Waals surface area contributed by atoms with Gasteiger partial charge in [0.25, 0.3) is 0 Å². The number of halogens is 2. The van der Waals surface area contributed by atoms with Crippen LogP contribution in [-0.4, -0.2) is 33.9 Å². The molecule has 148 valence electrons. The van der Waals surface area contributed by atoms with Crippen LogP contribution in [0.1, 0.15) is 42.4 Å². The lowest BCUT2D eigenvalue weighted by atomic mass is 10.0. The molecule has 6 nitrogen and oxygen atoms in total. The minimum absolute atomic E-state index is 0. The third kappa shape index (κ3) is 5.12. The lowest BCUT2D eigenvalue weighted by Crippen LogP contribution is -2.37. The molecule has 0 aliphatic carbocycles. The van der Waals surface area contributed by atoms with Crippen molar-refractivity contribution in [1.82, 2.24) is 14.9 Å². The van der Waals surface area contributed by atoms with Gasteiger partial charge in [0, 0.05) is 36.5 Å². The Hall–Kier alpha value is -2.36. The van der Waals surface area contributed by atoms with Crippen molar-refractivity contribution in [2.24, 2.45) is 0 Å². The van der Waals surface area contributed by atoms with Gasteiger partial charge >= 0.3 is 0 Å². The van der Waals surface area contributed by atoms with E-state index in [0.29, 0.717) is 38.3 Å². The highest BCUT2D eigenvalue weighted by atomic mass is 35.5. The Kier molecular flexibility index (Phi) is 8.04. The van der Waals surface area contributed by atoms with E-state index in [2.05, 4.69) is 15.3 Å². The minimum atomic E-state index is 0. The van der Waals surface area contributed by atoms with Crippen molar-refractivity contribution in [2.75, 3.05) is 18.4 Å². The lowest BCUT2D eigenvalue weighted by Gasteiger charge is -2.29. The summed E-state index contributed by atoms with van der Waals surface area (Å²) in [5.74, 6) is 0.939. The van der Waals surface area contributed by atoms with Gasteiger partial charge in [-0.2, -0.15) is 5.26 Å². The van der Waals surface area contributed by atoms with Crippen LogP contribution < -0.4 is 5.32 Å². The second-order valence-corrected chi connectivity index (χ2v) is 6.92. The molecule has 0 atom stereocenters. The van der Waals surface area contributed by atoms with Gasteiger partial charge in [-0.05, 0) is 24.5 Å².